The number of aromatic nitrogens is 2. The number of alkyl halides is 3. The van der Waals surface area contributed by atoms with Crippen molar-refractivity contribution in [2.45, 2.75) is 48.9 Å². The summed E-state index contributed by atoms with van der Waals surface area (Å²) in [5, 5.41) is 4.18. The summed E-state index contributed by atoms with van der Waals surface area (Å²) in [6, 6.07) is 10.3. The fraction of sp³-hybridized carbons (Fsp3) is 0.364. The van der Waals surface area contributed by atoms with E-state index in [1.54, 1.807) is 0 Å². The molecule has 1 amide bonds. The molecule has 2 N–H and O–H groups in total. The molecule has 164 valence electrons. The van der Waals surface area contributed by atoms with E-state index in [0.29, 0.717) is 18.6 Å². The van der Waals surface area contributed by atoms with Crippen molar-refractivity contribution in [3.63, 3.8) is 0 Å². The van der Waals surface area contributed by atoms with Crippen LogP contribution in [0.3, 0.4) is 0 Å². The number of nitrogens with one attached hydrogen (secondary N) is 2. The Morgan fingerprint density at radius 1 is 1.16 bits per heavy atom. The number of H-pyrrole nitrogens is 1. The van der Waals surface area contributed by atoms with E-state index in [1.807, 2.05) is 30.5 Å². The van der Waals surface area contributed by atoms with E-state index < -0.39 is 11.7 Å². The molecule has 3 aromatic rings. The molecule has 1 saturated carbocycles. The highest BCUT2D eigenvalue weighted by Gasteiger charge is 2.31. The molecule has 31 heavy (non-hydrogen) atoms. The quantitative estimate of drug-likeness (QED) is 0.509. The summed E-state index contributed by atoms with van der Waals surface area (Å²) in [6.07, 6.45) is 1.12. The van der Waals surface area contributed by atoms with Gasteiger partial charge in [-0.3, -0.25) is 4.79 Å². The van der Waals surface area contributed by atoms with Gasteiger partial charge in [0.1, 0.15) is 6.10 Å². The van der Waals surface area contributed by atoms with Crippen molar-refractivity contribution in [3.05, 3.63) is 54.4 Å². The van der Waals surface area contributed by atoms with Gasteiger partial charge in [0.2, 0.25) is 11.8 Å². The monoisotopic (exact) mass is 449 g/mol. The molecule has 0 bridgehead atoms. The number of amides is 1. The number of ether oxygens (including phenoxy) is 1. The Morgan fingerprint density at radius 3 is 2.65 bits per heavy atom. The lowest BCUT2D eigenvalue weighted by Gasteiger charge is -2.29. The highest BCUT2D eigenvalue weighted by Crippen LogP contribution is 2.30. The van der Waals surface area contributed by atoms with Crippen molar-refractivity contribution >= 4 is 28.6 Å². The van der Waals surface area contributed by atoms with Gasteiger partial charge >= 0.3 is 6.18 Å². The van der Waals surface area contributed by atoms with Gasteiger partial charge in [-0.15, -0.1) is 11.8 Å². The van der Waals surface area contributed by atoms with Crippen LogP contribution in [-0.4, -0.2) is 33.8 Å². The lowest BCUT2D eigenvalue weighted by atomic mass is 9.93. The molecule has 1 aliphatic carbocycles. The van der Waals surface area contributed by atoms with Gasteiger partial charge in [0.25, 0.3) is 0 Å². The van der Waals surface area contributed by atoms with E-state index in [4.69, 9.17) is 4.74 Å². The lowest BCUT2D eigenvalue weighted by Crippen LogP contribution is -2.40. The number of halogens is 3. The molecule has 0 aliphatic heterocycles. The van der Waals surface area contributed by atoms with E-state index in [2.05, 4.69) is 15.3 Å². The predicted octanol–water partition coefficient (Wildman–Crippen LogP) is 5.18. The van der Waals surface area contributed by atoms with E-state index in [1.165, 1.54) is 17.8 Å². The van der Waals surface area contributed by atoms with Crippen LogP contribution in [0.4, 0.5) is 13.2 Å². The fourth-order valence-corrected chi connectivity index (χ4v) is 4.54. The number of thioether (sulfide) groups is 1. The third kappa shape index (κ3) is 5.52. The van der Waals surface area contributed by atoms with E-state index in [9.17, 15) is 18.0 Å². The number of carbonyl (C=O) groups excluding carboxylic acids is 1. The molecule has 0 radical (unpaired) electrons. The predicted molar refractivity (Wildman–Crippen MR) is 113 cm³/mol. The lowest BCUT2D eigenvalue weighted by molar-refractivity contribution is -0.137. The summed E-state index contributed by atoms with van der Waals surface area (Å²) >= 11 is 1.50. The Balaban J connectivity index is 1.20. The maximum atomic E-state index is 12.6. The highest BCUT2D eigenvalue weighted by atomic mass is 32.2. The Bertz CT molecular complexity index is 1030. The van der Waals surface area contributed by atoms with Gasteiger partial charge in [-0.25, -0.2) is 4.98 Å². The molecule has 4 rings (SSSR count). The summed E-state index contributed by atoms with van der Waals surface area (Å²) < 4.78 is 43.5. The molecule has 5 nitrogen and oxygen atoms in total. The molecule has 2 heterocycles. The van der Waals surface area contributed by atoms with Crippen LogP contribution in [0.1, 0.15) is 31.2 Å². The first-order valence-electron chi connectivity index (χ1n) is 10.1. The summed E-state index contributed by atoms with van der Waals surface area (Å²) in [5.74, 6) is 0.521. The number of para-hydroxylation sites is 1. The van der Waals surface area contributed by atoms with Gasteiger partial charge in [-0.2, -0.15) is 13.2 Å². The number of benzene rings is 1. The van der Waals surface area contributed by atoms with Gasteiger partial charge < -0.3 is 15.0 Å². The van der Waals surface area contributed by atoms with Crippen LogP contribution < -0.4 is 10.1 Å². The normalized spacial score (nSPS) is 19.3. The summed E-state index contributed by atoms with van der Waals surface area (Å²) in [4.78, 5) is 20.4. The second-order valence-electron chi connectivity index (χ2n) is 7.53. The Morgan fingerprint density at radius 2 is 1.94 bits per heavy atom. The van der Waals surface area contributed by atoms with Gasteiger partial charge in [0, 0.05) is 40.3 Å². The first kappa shape index (κ1) is 21.5. The minimum Gasteiger partial charge on any atom is -0.474 e. The Hall–Kier alpha value is -2.68. The standard InChI is InChI=1S/C22H22F3N3O2S/c23-22(24,25)14-5-10-21(27-11-14)30-16-8-6-15(7-9-16)28-20(29)13-31-19-12-26-18-4-2-1-3-17(18)19/h1-5,10-12,15-16,26H,6-9,13H2,(H,28,29). The number of nitrogens with zero attached hydrogens (tertiary/aromatic N) is 1. The second-order valence-corrected chi connectivity index (χ2v) is 8.55. The van der Waals surface area contributed by atoms with Crippen molar-refractivity contribution in [1.82, 2.24) is 15.3 Å². The molecule has 0 spiro atoms. The molecular formula is C22H22F3N3O2S. The van der Waals surface area contributed by atoms with Gasteiger partial charge in [-0.05, 0) is 37.8 Å². The molecule has 1 aliphatic rings. The van der Waals surface area contributed by atoms with Crippen molar-refractivity contribution in [3.8, 4) is 5.88 Å². The minimum absolute atomic E-state index is 0.0101. The maximum absolute atomic E-state index is 12.6. The molecule has 0 unspecified atom stereocenters. The summed E-state index contributed by atoms with van der Waals surface area (Å²) in [5.41, 5.74) is 0.253. The van der Waals surface area contributed by atoms with Crippen LogP contribution in [-0.2, 0) is 11.0 Å². The van der Waals surface area contributed by atoms with Crippen LogP contribution in [0, 0.1) is 0 Å². The zero-order valence-electron chi connectivity index (χ0n) is 16.6. The molecule has 1 fully saturated rings. The molecular weight excluding hydrogens is 427 g/mol. The second kappa shape index (κ2) is 9.21. The summed E-state index contributed by atoms with van der Waals surface area (Å²) in [6.45, 7) is 0. The molecule has 0 saturated heterocycles. The van der Waals surface area contributed by atoms with Crippen LogP contribution in [0.2, 0.25) is 0 Å². The number of carbonyl (C=O) groups is 1. The minimum atomic E-state index is -4.41. The van der Waals surface area contributed by atoms with Crippen molar-refractivity contribution in [2.24, 2.45) is 0 Å². The number of aromatic amines is 1. The number of fused-ring (bicyclic) bond motifs is 1. The number of rotatable bonds is 6. The third-order valence-corrected chi connectivity index (χ3v) is 6.36. The number of hydrogen-bond donors (Lipinski definition) is 2. The van der Waals surface area contributed by atoms with Crippen LogP contribution >= 0.6 is 11.8 Å². The largest absolute Gasteiger partial charge is 0.474 e. The molecule has 1 aromatic carbocycles. The number of hydrogen-bond acceptors (Lipinski definition) is 4. The average Bonchev–Trinajstić information content (AvgIpc) is 3.17. The first-order chi connectivity index (χ1) is 14.9. The van der Waals surface area contributed by atoms with Crippen LogP contribution in [0.25, 0.3) is 10.9 Å². The van der Waals surface area contributed by atoms with Crippen molar-refractivity contribution in [2.75, 3.05) is 5.75 Å². The van der Waals surface area contributed by atoms with Gasteiger partial charge in [0.15, 0.2) is 0 Å². The smallest absolute Gasteiger partial charge is 0.417 e. The van der Waals surface area contributed by atoms with E-state index in [-0.39, 0.29) is 23.9 Å². The average molecular weight is 449 g/mol. The zero-order valence-corrected chi connectivity index (χ0v) is 17.4. The Labute approximate surface area is 181 Å². The van der Waals surface area contributed by atoms with Crippen molar-refractivity contribution in [1.29, 1.82) is 0 Å². The molecule has 9 heteroatoms. The zero-order chi connectivity index (χ0) is 21.8. The van der Waals surface area contributed by atoms with Crippen molar-refractivity contribution < 1.29 is 22.7 Å². The maximum Gasteiger partial charge on any atom is 0.417 e. The highest BCUT2D eigenvalue weighted by molar-refractivity contribution is 8.00. The van der Waals surface area contributed by atoms with Gasteiger partial charge in [0.05, 0.1) is 11.3 Å². The first-order valence-corrected chi connectivity index (χ1v) is 11.1. The third-order valence-electron chi connectivity index (χ3n) is 5.30. The van der Waals surface area contributed by atoms with E-state index >= 15 is 0 Å². The van der Waals surface area contributed by atoms with Crippen LogP contribution in [0.5, 0.6) is 5.88 Å². The van der Waals surface area contributed by atoms with Crippen LogP contribution in [0.15, 0.2) is 53.7 Å². The number of pyridine rings is 1. The summed E-state index contributed by atoms with van der Waals surface area (Å²) in [7, 11) is 0. The van der Waals surface area contributed by atoms with Gasteiger partial charge in [-0.1, -0.05) is 18.2 Å². The molecule has 2 aromatic heterocycles. The fourth-order valence-electron chi connectivity index (χ4n) is 3.69. The SMILES string of the molecule is O=C(CSc1c[nH]c2ccccc12)NC1CCC(Oc2ccc(C(F)(F)F)cn2)CC1. The topological polar surface area (TPSA) is 67.0 Å². The Kier molecular flexibility index (Phi) is 6.41. The molecule has 0 atom stereocenters. The van der Waals surface area contributed by atoms with E-state index in [0.717, 1.165) is 40.9 Å².